The Hall–Kier alpha value is -0.0800. The summed E-state index contributed by atoms with van der Waals surface area (Å²) in [6, 6.07) is 0. The summed E-state index contributed by atoms with van der Waals surface area (Å²) in [6.07, 6.45) is -12.4. The fourth-order valence-corrected chi connectivity index (χ4v) is 7.44. The van der Waals surface area contributed by atoms with Gasteiger partial charge in [0.1, 0.15) is 36.6 Å². The number of nitrogens with two attached hydrogens (primary N) is 1. The lowest BCUT2D eigenvalue weighted by atomic mass is 10.0. The monoisotopic (exact) mass is 1450 g/mol. The maximum Gasteiger partial charge on any atom is 0.271 e. The van der Waals surface area contributed by atoms with Gasteiger partial charge in [-0.25, -0.2) is 4.98 Å². The van der Waals surface area contributed by atoms with E-state index < -0.39 is 79.2 Å². The average Bonchev–Trinajstić information content (AvgIpc) is 3.86. The molecule has 420 valence electrons. The number of aromatic nitrogens is 2. The first-order valence-electron chi connectivity index (χ1n) is 21.5. The molecule has 1 fully saturated rings. The van der Waals surface area contributed by atoms with Crippen LogP contribution in [0.25, 0.3) is 0 Å². The molecule has 3 amide bonds. The number of aromatic amines is 1. The molecule has 0 radical (unpaired) electrons. The lowest BCUT2D eigenvalue weighted by Crippen LogP contribution is -2.50. The Labute approximate surface area is 474 Å². The van der Waals surface area contributed by atoms with Crippen LogP contribution in [0.1, 0.15) is 23.3 Å². The molecule has 33 heteroatoms. The molecule has 1 aliphatic rings. The molecule has 0 saturated carbocycles. The smallest absolute Gasteiger partial charge is 0.271 e. The van der Waals surface area contributed by atoms with Crippen LogP contribution in [0.3, 0.4) is 0 Å². The number of H-pyrrole nitrogens is 1. The van der Waals surface area contributed by atoms with Gasteiger partial charge < -0.3 is 92.4 Å². The zero-order valence-electron chi connectivity index (χ0n) is 39.1. The molecule has 1 aromatic rings. The number of aliphatic hydroxyl groups excluding tert-OH is 12. The van der Waals surface area contributed by atoms with E-state index in [1.165, 1.54) is 11.3 Å². The van der Waals surface area contributed by atoms with Crippen LogP contribution >= 0.6 is 119 Å². The van der Waals surface area contributed by atoms with Gasteiger partial charge in [0, 0.05) is 123 Å². The van der Waals surface area contributed by atoms with E-state index in [-0.39, 0.29) is 57.7 Å². The Morgan fingerprint density at radius 1 is 0.634 bits per heavy atom. The minimum atomic E-state index is -1.43. The van der Waals surface area contributed by atoms with Crippen LogP contribution < -0.4 is 16.4 Å². The molecule has 0 spiro atoms. The van der Waals surface area contributed by atoms with Gasteiger partial charge in [0.05, 0.1) is 43.0 Å². The minimum absolute atomic E-state index is 0.0885. The van der Waals surface area contributed by atoms with Crippen molar-refractivity contribution < 1.29 is 75.7 Å². The zero-order valence-corrected chi connectivity index (χ0v) is 50.1. The first kappa shape index (κ1) is 75.2. The van der Waals surface area contributed by atoms with Crippen LogP contribution in [0.15, 0.2) is 16.7 Å². The Morgan fingerprint density at radius 3 is 1.20 bits per heavy atom. The van der Waals surface area contributed by atoms with Gasteiger partial charge in [0.25, 0.3) is 5.91 Å². The molecule has 1 aromatic heterocycles. The molecule has 1 aliphatic heterocycles. The average molecular weight is 1460 g/mol. The summed E-state index contributed by atoms with van der Waals surface area (Å²) >= 11 is 29.1. The third-order valence-corrected chi connectivity index (χ3v) is 12.9. The first-order chi connectivity index (χ1) is 33.4. The predicted octanol–water partition coefficient (Wildman–Crippen LogP) is -2.18. The maximum absolute atomic E-state index is 11.6. The number of carbonyl (C=O) groups is 3. The number of piperazine rings is 1. The summed E-state index contributed by atoms with van der Waals surface area (Å²) < 4.78 is 0. The molecule has 0 aromatic carbocycles. The van der Waals surface area contributed by atoms with E-state index in [1.54, 1.807) is 14.1 Å². The molecule has 2 heterocycles. The van der Waals surface area contributed by atoms with E-state index in [9.17, 15) is 55.2 Å². The highest BCUT2D eigenvalue weighted by molar-refractivity contribution is 9.10. The van der Waals surface area contributed by atoms with E-state index in [2.05, 4.69) is 127 Å². The van der Waals surface area contributed by atoms with Crippen LogP contribution in [0.5, 0.6) is 0 Å². The first-order valence-corrected chi connectivity index (χ1v) is 29.3. The molecular formula is C38H72Br6Cl2N10O15. The molecule has 12 atom stereocenters. The van der Waals surface area contributed by atoms with Gasteiger partial charge in [0.15, 0.2) is 11.5 Å². The number of alkyl halides is 8. The molecule has 0 bridgehead atoms. The lowest BCUT2D eigenvalue weighted by molar-refractivity contribution is -0.139. The third-order valence-electron chi connectivity index (χ3n) is 9.07. The summed E-state index contributed by atoms with van der Waals surface area (Å²) in [4.78, 5) is 43.9. The van der Waals surface area contributed by atoms with Crippen molar-refractivity contribution in [3.05, 3.63) is 12.0 Å². The zero-order chi connectivity index (χ0) is 55.2. The van der Waals surface area contributed by atoms with Crippen molar-refractivity contribution in [2.24, 2.45) is 16.1 Å². The van der Waals surface area contributed by atoms with Crippen molar-refractivity contribution in [2.45, 2.75) is 86.1 Å². The second kappa shape index (κ2) is 46.1. The second-order valence-corrected chi connectivity index (χ2v) is 19.8. The van der Waals surface area contributed by atoms with Gasteiger partial charge >= 0.3 is 0 Å². The molecule has 4 unspecified atom stereocenters. The fraction of sp³-hybridized carbons (Fsp3) is 0.842. The molecule has 17 N–H and O–H groups in total. The van der Waals surface area contributed by atoms with E-state index in [0.717, 1.165) is 0 Å². The van der Waals surface area contributed by atoms with Gasteiger partial charge in [0.2, 0.25) is 11.8 Å². The highest BCUT2D eigenvalue weighted by Crippen LogP contribution is 2.14. The van der Waals surface area contributed by atoms with Crippen molar-refractivity contribution in [2.75, 3.05) is 110 Å². The van der Waals surface area contributed by atoms with Crippen LogP contribution in [0.2, 0.25) is 0 Å². The third kappa shape index (κ3) is 34.3. The van der Waals surface area contributed by atoms with Crippen LogP contribution in [-0.4, -0.2) is 287 Å². The molecule has 0 aliphatic carbocycles. The number of amides is 3. The van der Waals surface area contributed by atoms with Gasteiger partial charge in [-0.15, -0.1) is 28.3 Å². The van der Waals surface area contributed by atoms with E-state index in [0.29, 0.717) is 74.5 Å². The number of aliphatic hydroxyl groups is 12. The lowest BCUT2D eigenvalue weighted by Gasteiger charge is -2.34. The Balaban J connectivity index is -0.000000822. The molecule has 2 rings (SSSR count). The van der Waals surface area contributed by atoms with Gasteiger partial charge in [-0.2, -0.15) is 0 Å². The normalized spacial score (nSPS) is 17.5. The molecule has 71 heavy (non-hydrogen) atoms. The number of rotatable bonds is 28. The number of primary amides is 1. The highest BCUT2D eigenvalue weighted by atomic mass is 79.9. The Bertz CT molecular complexity index is 1430. The number of nitrogens with zero attached hydrogens (tertiary/aromatic N) is 6. The summed E-state index contributed by atoms with van der Waals surface area (Å²) in [6.45, 7) is 3.82. The van der Waals surface area contributed by atoms with E-state index in [4.69, 9.17) is 49.4 Å². The largest absolute Gasteiger partial charge is 0.389 e. The number of hydrogen-bond acceptors (Lipinski definition) is 20. The second-order valence-electron chi connectivity index (χ2n) is 14.9. The van der Waals surface area contributed by atoms with E-state index >= 15 is 0 Å². The van der Waals surface area contributed by atoms with Gasteiger partial charge in [-0.1, -0.05) is 101 Å². The standard InChI is InChI=1S/C10H16Br2N2O2.C10H22Cl2N2O4.2C6H12Br2O4.C6H10N6O/c11-3-1-9(15)13-5-7-14(8-6-13)10(16)2-4-12;11-1-3-13-5-7(15)9(17)10(18)8(16)6-14-4-2-12;2*7-1-3(9)5(11)6(12)4(10)2-8;1-12(2)11-10-6-4(5(7)13)8-3-9-6/h1-8H2;7-10,13-18H,1-6H2;2*3-6,9-12H,1-2H2;3H,1-2H3,(H2,7,13)(H,8,9)/b;;;;11-10+/t;7-,8-,9-,10-;3-,4-,5-,6-;;/m.11../s1. The Kier molecular flexibility index (Phi) is 48.8. The molecular weight excluding hydrogens is 1390 g/mol. The summed E-state index contributed by atoms with van der Waals surface area (Å²) in [7, 11) is 3.42. The minimum Gasteiger partial charge on any atom is -0.389 e. The number of halogens is 8. The van der Waals surface area contributed by atoms with Crippen molar-refractivity contribution in [1.82, 2.24) is 35.4 Å². The molecule has 25 nitrogen and oxygen atoms in total. The summed E-state index contributed by atoms with van der Waals surface area (Å²) in [5.74, 6) is 0.747. The van der Waals surface area contributed by atoms with Crippen LogP contribution in [-0.2, 0) is 9.59 Å². The van der Waals surface area contributed by atoms with E-state index in [1.807, 2.05) is 9.80 Å². The van der Waals surface area contributed by atoms with Crippen LogP contribution in [0, 0.1) is 0 Å². The number of hydrogen-bond donors (Lipinski definition) is 16. The topological polar surface area (TPSA) is 407 Å². The fourth-order valence-electron chi connectivity index (χ4n) is 4.97. The highest BCUT2D eigenvalue weighted by Gasteiger charge is 2.31. The van der Waals surface area contributed by atoms with Crippen LogP contribution in [0.4, 0.5) is 5.82 Å². The predicted molar refractivity (Wildman–Crippen MR) is 290 cm³/mol. The van der Waals surface area contributed by atoms with Gasteiger partial charge in [-0.05, 0) is 0 Å². The maximum atomic E-state index is 11.6. The number of imidazole rings is 1. The van der Waals surface area contributed by atoms with Crippen molar-refractivity contribution in [1.29, 1.82) is 0 Å². The quantitative estimate of drug-likeness (QED) is 0.0184. The Morgan fingerprint density at radius 2 is 0.944 bits per heavy atom. The summed E-state index contributed by atoms with van der Waals surface area (Å²) in [5.41, 5.74) is 5.12. The molecule has 1 saturated heterocycles. The number of carbonyl (C=O) groups excluding carboxylic acids is 3. The SMILES string of the molecule is CN(C)/N=N/c1[nH]cnc1C(N)=O.O=C(CCBr)N1CCN(C(=O)CCBr)CC1.OC(CBr)C(O)C(O)C(O)CBr.O[C@@H]([C@H](O)[C@H](O)CBr)[C@H](O)CBr.O[C@@H]([C@H](O)[C@H](O)CNCCCl)[C@H](O)CNCCCl. The van der Waals surface area contributed by atoms with Gasteiger partial charge in [-0.3, -0.25) is 19.4 Å². The van der Waals surface area contributed by atoms with Crippen molar-refractivity contribution >= 4 is 142 Å². The summed E-state index contributed by atoms with van der Waals surface area (Å²) in [5, 5.41) is 128. The number of nitrogens with one attached hydrogen (secondary N) is 3. The van der Waals surface area contributed by atoms with Crippen molar-refractivity contribution in [3.63, 3.8) is 0 Å². The van der Waals surface area contributed by atoms with Crippen molar-refractivity contribution in [3.8, 4) is 0 Å².